The second-order valence-corrected chi connectivity index (χ2v) is 8.21. The predicted octanol–water partition coefficient (Wildman–Crippen LogP) is 4.93. The molecule has 1 aliphatic heterocycles. The number of nitrogens with zero attached hydrogens (tertiary/aromatic N) is 2. The standard InChI is InChI=1S/C25H23N5/c1-2-4-17(5-3-1)23-13-19-11-20(15-27-25(19)28-23)18-6-7-22-21(12-18)24(30-29-22)10-16-8-9-26-14-16/h1-7,11-13,15-16,26H,8-10,14H2,(H,27,28)(H,29,30). The van der Waals surface area contributed by atoms with Crippen molar-refractivity contribution < 1.29 is 0 Å². The van der Waals surface area contributed by atoms with Crippen LogP contribution in [0.4, 0.5) is 0 Å². The van der Waals surface area contributed by atoms with Crippen molar-refractivity contribution in [2.24, 2.45) is 5.92 Å². The first-order chi connectivity index (χ1) is 14.8. The number of benzene rings is 2. The number of hydrogen-bond donors (Lipinski definition) is 3. The van der Waals surface area contributed by atoms with E-state index in [0.717, 1.165) is 47.3 Å². The normalized spacial score (nSPS) is 16.6. The maximum Gasteiger partial charge on any atom is 0.137 e. The van der Waals surface area contributed by atoms with Gasteiger partial charge in [0.05, 0.1) is 5.52 Å². The minimum atomic E-state index is 0.687. The summed E-state index contributed by atoms with van der Waals surface area (Å²) in [5, 5.41) is 13.6. The van der Waals surface area contributed by atoms with Crippen molar-refractivity contribution in [3.63, 3.8) is 0 Å². The van der Waals surface area contributed by atoms with E-state index < -0.39 is 0 Å². The van der Waals surface area contributed by atoms with Crippen molar-refractivity contribution in [2.75, 3.05) is 13.1 Å². The topological polar surface area (TPSA) is 69.4 Å². The maximum absolute atomic E-state index is 4.69. The van der Waals surface area contributed by atoms with Crippen LogP contribution in [0.5, 0.6) is 0 Å². The van der Waals surface area contributed by atoms with Crippen molar-refractivity contribution in [1.29, 1.82) is 0 Å². The van der Waals surface area contributed by atoms with E-state index in [1.54, 1.807) is 0 Å². The van der Waals surface area contributed by atoms with Crippen molar-refractivity contribution >= 4 is 21.9 Å². The Labute approximate surface area is 174 Å². The fourth-order valence-electron chi connectivity index (χ4n) is 4.52. The molecule has 30 heavy (non-hydrogen) atoms. The Morgan fingerprint density at radius 1 is 0.933 bits per heavy atom. The molecule has 148 valence electrons. The van der Waals surface area contributed by atoms with Crippen LogP contribution in [0.1, 0.15) is 12.1 Å². The quantitative estimate of drug-likeness (QED) is 0.406. The lowest BCUT2D eigenvalue weighted by molar-refractivity contribution is 0.573. The number of H-pyrrole nitrogens is 2. The lowest BCUT2D eigenvalue weighted by atomic mass is 9.98. The van der Waals surface area contributed by atoms with Gasteiger partial charge in [0.15, 0.2) is 0 Å². The summed E-state index contributed by atoms with van der Waals surface area (Å²) in [7, 11) is 0. The molecular formula is C25H23N5. The molecule has 1 fully saturated rings. The third-order valence-corrected chi connectivity index (χ3v) is 6.18. The highest BCUT2D eigenvalue weighted by Gasteiger charge is 2.18. The van der Waals surface area contributed by atoms with E-state index in [-0.39, 0.29) is 0 Å². The summed E-state index contributed by atoms with van der Waals surface area (Å²) < 4.78 is 0. The molecule has 6 rings (SSSR count). The van der Waals surface area contributed by atoms with Gasteiger partial charge in [-0.05, 0) is 67.2 Å². The third-order valence-electron chi connectivity index (χ3n) is 6.18. The summed E-state index contributed by atoms with van der Waals surface area (Å²) in [5.74, 6) is 0.687. The van der Waals surface area contributed by atoms with Gasteiger partial charge in [-0.25, -0.2) is 4.98 Å². The zero-order valence-electron chi connectivity index (χ0n) is 16.7. The molecule has 0 amide bonds. The van der Waals surface area contributed by atoms with Crippen LogP contribution >= 0.6 is 0 Å². The lowest BCUT2D eigenvalue weighted by Crippen LogP contribution is -2.11. The number of rotatable bonds is 4. The minimum Gasteiger partial charge on any atom is -0.339 e. The van der Waals surface area contributed by atoms with Gasteiger partial charge in [-0.15, -0.1) is 0 Å². The van der Waals surface area contributed by atoms with Gasteiger partial charge in [-0.3, -0.25) is 5.10 Å². The Bertz CT molecular complexity index is 1330. The SMILES string of the molecule is c1ccc(-c2cc3cc(-c4ccc5n[nH]c(CC6CCNC6)c5c4)cnc3[nH]2)cc1. The summed E-state index contributed by atoms with van der Waals surface area (Å²) >= 11 is 0. The van der Waals surface area contributed by atoms with E-state index in [1.165, 1.54) is 28.6 Å². The minimum absolute atomic E-state index is 0.687. The van der Waals surface area contributed by atoms with Crippen molar-refractivity contribution in [3.05, 3.63) is 72.6 Å². The molecular weight excluding hydrogens is 370 g/mol. The van der Waals surface area contributed by atoms with Gasteiger partial charge < -0.3 is 10.3 Å². The first kappa shape index (κ1) is 17.4. The maximum atomic E-state index is 4.69. The van der Waals surface area contributed by atoms with Crippen LogP contribution in [0.25, 0.3) is 44.3 Å². The highest BCUT2D eigenvalue weighted by molar-refractivity contribution is 5.90. The van der Waals surface area contributed by atoms with Gasteiger partial charge in [0.1, 0.15) is 5.65 Å². The van der Waals surface area contributed by atoms with Crippen LogP contribution in [0.2, 0.25) is 0 Å². The van der Waals surface area contributed by atoms with E-state index in [1.807, 2.05) is 12.3 Å². The number of fused-ring (bicyclic) bond motifs is 2. The second kappa shape index (κ2) is 7.11. The molecule has 0 radical (unpaired) electrons. The molecule has 5 nitrogen and oxygen atoms in total. The molecule has 0 spiro atoms. The first-order valence-electron chi connectivity index (χ1n) is 10.6. The predicted molar refractivity (Wildman–Crippen MR) is 121 cm³/mol. The number of aromatic amines is 2. The largest absolute Gasteiger partial charge is 0.339 e. The molecule has 1 unspecified atom stereocenters. The van der Waals surface area contributed by atoms with Gasteiger partial charge in [-0.2, -0.15) is 5.10 Å². The fraction of sp³-hybridized carbons (Fsp3) is 0.200. The highest BCUT2D eigenvalue weighted by atomic mass is 15.1. The van der Waals surface area contributed by atoms with Gasteiger partial charge in [0, 0.05) is 33.9 Å². The molecule has 5 aromatic rings. The molecule has 1 aliphatic rings. The lowest BCUT2D eigenvalue weighted by Gasteiger charge is -2.07. The summed E-state index contributed by atoms with van der Waals surface area (Å²) in [6.07, 6.45) is 4.23. The zero-order chi connectivity index (χ0) is 19.9. The van der Waals surface area contributed by atoms with Crippen LogP contribution in [0, 0.1) is 5.92 Å². The van der Waals surface area contributed by atoms with Crippen molar-refractivity contribution in [2.45, 2.75) is 12.8 Å². The molecule has 1 saturated heterocycles. The Morgan fingerprint density at radius 2 is 1.87 bits per heavy atom. The fourth-order valence-corrected chi connectivity index (χ4v) is 4.52. The van der Waals surface area contributed by atoms with E-state index >= 15 is 0 Å². The Kier molecular flexibility index (Phi) is 4.13. The van der Waals surface area contributed by atoms with Crippen molar-refractivity contribution in [1.82, 2.24) is 25.5 Å². The first-order valence-corrected chi connectivity index (χ1v) is 10.6. The van der Waals surface area contributed by atoms with Gasteiger partial charge in [0.25, 0.3) is 0 Å². The van der Waals surface area contributed by atoms with Crippen molar-refractivity contribution in [3.8, 4) is 22.4 Å². The van der Waals surface area contributed by atoms with Crippen LogP contribution < -0.4 is 5.32 Å². The summed E-state index contributed by atoms with van der Waals surface area (Å²) in [6.45, 7) is 2.22. The van der Waals surface area contributed by atoms with Gasteiger partial charge in [-0.1, -0.05) is 36.4 Å². The molecule has 0 bridgehead atoms. The third kappa shape index (κ3) is 3.08. The van der Waals surface area contributed by atoms with Crippen LogP contribution in [0.3, 0.4) is 0 Å². The molecule has 3 aromatic heterocycles. The summed E-state index contributed by atoms with van der Waals surface area (Å²) in [6, 6.07) is 21.3. The number of hydrogen-bond acceptors (Lipinski definition) is 3. The monoisotopic (exact) mass is 393 g/mol. The van der Waals surface area contributed by atoms with Gasteiger partial charge in [0.2, 0.25) is 0 Å². The molecule has 2 aromatic carbocycles. The zero-order valence-corrected chi connectivity index (χ0v) is 16.7. The van der Waals surface area contributed by atoms with Crippen LogP contribution in [0.15, 0.2) is 66.9 Å². The molecule has 4 heterocycles. The Balaban J connectivity index is 1.37. The van der Waals surface area contributed by atoms with Crippen LogP contribution in [-0.4, -0.2) is 33.3 Å². The number of aromatic nitrogens is 4. The average Bonchev–Trinajstić information content (AvgIpc) is 3.54. The highest BCUT2D eigenvalue weighted by Crippen LogP contribution is 2.30. The molecule has 1 atom stereocenters. The molecule has 0 saturated carbocycles. The Morgan fingerprint density at radius 3 is 2.73 bits per heavy atom. The Hall–Kier alpha value is -3.44. The second-order valence-electron chi connectivity index (χ2n) is 8.21. The molecule has 3 N–H and O–H groups in total. The van der Waals surface area contributed by atoms with E-state index in [0.29, 0.717) is 5.92 Å². The average molecular weight is 393 g/mol. The number of pyridine rings is 1. The number of nitrogens with one attached hydrogen (secondary N) is 3. The van der Waals surface area contributed by atoms with Gasteiger partial charge >= 0.3 is 0 Å². The summed E-state index contributed by atoms with van der Waals surface area (Å²) in [5.41, 5.74) is 7.74. The summed E-state index contributed by atoms with van der Waals surface area (Å²) in [4.78, 5) is 8.12. The van der Waals surface area contributed by atoms with E-state index in [2.05, 4.69) is 80.1 Å². The van der Waals surface area contributed by atoms with E-state index in [9.17, 15) is 0 Å². The molecule has 0 aliphatic carbocycles. The van der Waals surface area contributed by atoms with Crippen LogP contribution in [-0.2, 0) is 6.42 Å². The smallest absolute Gasteiger partial charge is 0.137 e. The molecule has 5 heteroatoms. The van der Waals surface area contributed by atoms with E-state index in [4.69, 9.17) is 0 Å².